The molecule has 0 saturated carbocycles. The number of hydrogen-bond acceptors (Lipinski definition) is 5. The molecule has 1 heterocycles. The molecule has 148 valence electrons. The summed E-state index contributed by atoms with van der Waals surface area (Å²) < 4.78 is 27.2. The van der Waals surface area contributed by atoms with Gasteiger partial charge in [-0.3, -0.25) is 4.90 Å². The predicted octanol–water partition coefficient (Wildman–Crippen LogP) is 2.04. The third-order valence-corrected chi connectivity index (χ3v) is 6.43. The molecule has 6 nitrogen and oxygen atoms in total. The number of rotatable bonds is 8. The minimum absolute atomic E-state index is 0.195. The molecule has 2 aromatic rings. The molecule has 1 aliphatic rings. The van der Waals surface area contributed by atoms with Crippen LogP contribution in [0.3, 0.4) is 0 Å². The van der Waals surface area contributed by atoms with E-state index in [2.05, 4.69) is 38.8 Å². The van der Waals surface area contributed by atoms with Crippen LogP contribution in [0.2, 0.25) is 0 Å². The van der Waals surface area contributed by atoms with E-state index in [0.717, 1.165) is 45.7 Å². The normalized spacial score (nSPS) is 16.0. The van der Waals surface area contributed by atoms with Gasteiger partial charge in [0.05, 0.1) is 16.5 Å². The van der Waals surface area contributed by atoms with E-state index in [1.165, 1.54) is 29.8 Å². The van der Waals surface area contributed by atoms with Crippen LogP contribution in [0.15, 0.2) is 59.5 Å². The lowest BCUT2D eigenvalue weighted by atomic mass is 10.2. The quantitative estimate of drug-likeness (QED) is 0.689. The van der Waals surface area contributed by atoms with Crippen molar-refractivity contribution in [1.29, 1.82) is 5.26 Å². The average molecular weight is 399 g/mol. The van der Waals surface area contributed by atoms with E-state index in [9.17, 15) is 8.42 Å². The van der Waals surface area contributed by atoms with Gasteiger partial charge in [0, 0.05) is 39.3 Å². The number of nitrogens with zero attached hydrogens (tertiary/aromatic N) is 3. The number of nitrogens with one attached hydrogen (secondary N) is 1. The Balaban J connectivity index is 1.36. The Morgan fingerprint density at radius 1 is 0.929 bits per heavy atom. The molecule has 3 rings (SSSR count). The van der Waals surface area contributed by atoms with Gasteiger partial charge in [-0.2, -0.15) is 5.26 Å². The van der Waals surface area contributed by atoms with Crippen molar-refractivity contribution in [3.05, 3.63) is 65.7 Å². The first kappa shape index (κ1) is 20.5. The first-order valence-corrected chi connectivity index (χ1v) is 11.0. The number of hydrogen-bond donors (Lipinski definition) is 1. The van der Waals surface area contributed by atoms with Crippen LogP contribution in [-0.2, 0) is 16.6 Å². The summed E-state index contributed by atoms with van der Waals surface area (Å²) in [5.41, 5.74) is 1.79. The monoisotopic (exact) mass is 398 g/mol. The van der Waals surface area contributed by atoms with Gasteiger partial charge in [0.2, 0.25) is 10.0 Å². The minimum Gasteiger partial charge on any atom is -0.301 e. The molecule has 1 N–H and O–H groups in total. The second kappa shape index (κ2) is 9.80. The highest BCUT2D eigenvalue weighted by atomic mass is 32.2. The molecule has 0 bridgehead atoms. The van der Waals surface area contributed by atoms with Crippen molar-refractivity contribution in [2.75, 3.05) is 39.3 Å². The van der Waals surface area contributed by atoms with Crippen LogP contribution in [-0.4, -0.2) is 57.5 Å². The fourth-order valence-electron chi connectivity index (χ4n) is 3.31. The van der Waals surface area contributed by atoms with Gasteiger partial charge in [-0.15, -0.1) is 0 Å². The summed E-state index contributed by atoms with van der Waals surface area (Å²) in [5.74, 6) is 0. The van der Waals surface area contributed by atoms with E-state index >= 15 is 0 Å². The number of sulfonamides is 1. The van der Waals surface area contributed by atoms with Crippen molar-refractivity contribution in [3.63, 3.8) is 0 Å². The molecule has 7 heteroatoms. The second-order valence-corrected chi connectivity index (χ2v) is 8.76. The molecule has 0 aliphatic carbocycles. The molecule has 1 aliphatic heterocycles. The highest BCUT2D eigenvalue weighted by molar-refractivity contribution is 7.89. The lowest BCUT2D eigenvalue weighted by Gasteiger charge is -2.34. The summed E-state index contributed by atoms with van der Waals surface area (Å²) in [6.07, 6.45) is 0.772. The van der Waals surface area contributed by atoms with Gasteiger partial charge in [0.25, 0.3) is 0 Å². The van der Waals surface area contributed by atoms with Gasteiger partial charge in [-0.05, 0) is 42.8 Å². The fraction of sp³-hybridized carbons (Fsp3) is 0.381. The number of benzene rings is 2. The first-order valence-electron chi connectivity index (χ1n) is 9.55. The summed E-state index contributed by atoms with van der Waals surface area (Å²) in [6, 6.07) is 18.5. The maximum absolute atomic E-state index is 12.3. The van der Waals surface area contributed by atoms with Crippen LogP contribution in [0.1, 0.15) is 17.5 Å². The van der Waals surface area contributed by atoms with Gasteiger partial charge >= 0.3 is 0 Å². The van der Waals surface area contributed by atoms with Crippen molar-refractivity contribution in [3.8, 4) is 6.07 Å². The van der Waals surface area contributed by atoms with Crippen LogP contribution in [0.25, 0.3) is 0 Å². The molecule has 0 amide bonds. The van der Waals surface area contributed by atoms with Gasteiger partial charge in [-0.1, -0.05) is 30.3 Å². The Bertz CT molecular complexity index is 884. The van der Waals surface area contributed by atoms with E-state index < -0.39 is 10.0 Å². The molecule has 0 unspecified atom stereocenters. The average Bonchev–Trinajstić information content (AvgIpc) is 2.73. The highest BCUT2D eigenvalue weighted by Gasteiger charge is 2.17. The lowest BCUT2D eigenvalue weighted by Crippen LogP contribution is -2.46. The SMILES string of the molecule is N#Cc1ccc(S(=O)(=O)NCCCN2CCN(Cc3ccccc3)CC2)cc1. The maximum Gasteiger partial charge on any atom is 0.240 e. The Kier molecular flexibility index (Phi) is 7.18. The topological polar surface area (TPSA) is 76.4 Å². The molecular weight excluding hydrogens is 372 g/mol. The van der Waals surface area contributed by atoms with E-state index in [-0.39, 0.29) is 4.90 Å². The molecule has 28 heavy (non-hydrogen) atoms. The Labute approximate surface area is 167 Å². The van der Waals surface area contributed by atoms with Crippen molar-refractivity contribution < 1.29 is 8.42 Å². The van der Waals surface area contributed by atoms with Gasteiger partial charge < -0.3 is 4.90 Å². The molecule has 1 saturated heterocycles. The van der Waals surface area contributed by atoms with Crippen LogP contribution in [0, 0.1) is 11.3 Å². The minimum atomic E-state index is -3.52. The Hall–Kier alpha value is -2.24. The molecule has 0 radical (unpaired) electrons. The second-order valence-electron chi connectivity index (χ2n) is 6.99. The third-order valence-electron chi connectivity index (χ3n) is 4.95. The largest absolute Gasteiger partial charge is 0.301 e. The molecule has 0 aromatic heterocycles. The molecule has 0 atom stereocenters. The van der Waals surface area contributed by atoms with Crippen molar-refractivity contribution in [1.82, 2.24) is 14.5 Å². The van der Waals surface area contributed by atoms with Crippen LogP contribution in [0.4, 0.5) is 0 Å². The zero-order chi connectivity index (χ0) is 19.8. The van der Waals surface area contributed by atoms with Crippen molar-refractivity contribution in [2.45, 2.75) is 17.9 Å². The Morgan fingerprint density at radius 2 is 1.57 bits per heavy atom. The van der Waals surface area contributed by atoms with Gasteiger partial charge in [0.15, 0.2) is 0 Å². The zero-order valence-electron chi connectivity index (χ0n) is 15.9. The summed E-state index contributed by atoms with van der Waals surface area (Å²) in [6.45, 7) is 6.36. The summed E-state index contributed by atoms with van der Waals surface area (Å²) >= 11 is 0. The third kappa shape index (κ3) is 5.88. The lowest BCUT2D eigenvalue weighted by molar-refractivity contribution is 0.126. The predicted molar refractivity (Wildman–Crippen MR) is 109 cm³/mol. The zero-order valence-corrected chi connectivity index (χ0v) is 16.7. The van der Waals surface area contributed by atoms with E-state index in [0.29, 0.717) is 12.1 Å². The van der Waals surface area contributed by atoms with E-state index in [4.69, 9.17) is 5.26 Å². The number of piperazine rings is 1. The van der Waals surface area contributed by atoms with E-state index in [1.54, 1.807) is 0 Å². The van der Waals surface area contributed by atoms with Crippen LogP contribution in [0.5, 0.6) is 0 Å². The van der Waals surface area contributed by atoms with Crippen molar-refractivity contribution >= 4 is 10.0 Å². The number of nitriles is 1. The standard InChI is InChI=1S/C21H26N4O2S/c22-17-19-7-9-21(10-8-19)28(26,27)23-11-4-12-24-13-15-25(16-14-24)18-20-5-2-1-3-6-20/h1-3,5-10,23H,4,11-16,18H2. The maximum atomic E-state index is 12.3. The van der Waals surface area contributed by atoms with Crippen LogP contribution >= 0.6 is 0 Å². The van der Waals surface area contributed by atoms with Crippen molar-refractivity contribution in [2.24, 2.45) is 0 Å². The fourth-order valence-corrected chi connectivity index (χ4v) is 4.39. The Morgan fingerprint density at radius 3 is 2.21 bits per heavy atom. The van der Waals surface area contributed by atoms with Gasteiger partial charge in [-0.25, -0.2) is 13.1 Å². The van der Waals surface area contributed by atoms with E-state index in [1.807, 2.05) is 12.1 Å². The summed E-state index contributed by atoms with van der Waals surface area (Å²) in [4.78, 5) is 5.04. The van der Waals surface area contributed by atoms with Crippen LogP contribution < -0.4 is 4.72 Å². The molecular formula is C21H26N4O2S. The molecule has 0 spiro atoms. The van der Waals surface area contributed by atoms with Gasteiger partial charge in [0.1, 0.15) is 0 Å². The molecule has 2 aromatic carbocycles. The smallest absolute Gasteiger partial charge is 0.240 e. The summed E-state index contributed by atoms with van der Waals surface area (Å²) in [7, 11) is -3.52. The molecule has 1 fully saturated rings. The highest BCUT2D eigenvalue weighted by Crippen LogP contribution is 2.11. The first-order chi connectivity index (χ1) is 13.6. The summed E-state index contributed by atoms with van der Waals surface area (Å²) in [5, 5.41) is 8.80.